The Balaban J connectivity index is 2.08. The van der Waals surface area contributed by atoms with Gasteiger partial charge in [-0.05, 0) is 46.2 Å². The Labute approximate surface area is 121 Å². The van der Waals surface area contributed by atoms with Gasteiger partial charge in [-0.3, -0.25) is 4.90 Å². The summed E-state index contributed by atoms with van der Waals surface area (Å²) < 4.78 is 14.0. The molecule has 0 saturated carbocycles. The van der Waals surface area contributed by atoms with Crippen LogP contribution < -0.4 is 5.73 Å². The summed E-state index contributed by atoms with van der Waals surface area (Å²) in [6.07, 6.45) is 0. The van der Waals surface area contributed by atoms with Crippen molar-refractivity contribution in [3.63, 3.8) is 0 Å². The van der Waals surface area contributed by atoms with Crippen LogP contribution in [0.3, 0.4) is 0 Å². The number of hydrogen-bond donors (Lipinski definition) is 1. The van der Waals surface area contributed by atoms with Crippen LogP contribution in [0.2, 0.25) is 0 Å². The number of rotatable bonds is 4. The third-order valence-electron chi connectivity index (χ3n) is 2.97. The second-order valence-electron chi connectivity index (χ2n) is 4.58. The summed E-state index contributed by atoms with van der Waals surface area (Å²) in [5, 5.41) is 0. The van der Waals surface area contributed by atoms with Gasteiger partial charge in [0.05, 0.1) is 4.47 Å². The molecule has 19 heavy (non-hydrogen) atoms. The smallest absolute Gasteiger partial charge is 0.137 e. The predicted octanol–water partition coefficient (Wildman–Crippen LogP) is 3.80. The molecule has 2 rings (SSSR count). The molecular weight excluding hydrogens is 307 g/mol. The summed E-state index contributed by atoms with van der Waals surface area (Å²) in [5.74, 6) is -0.231. The van der Waals surface area contributed by atoms with Crippen molar-refractivity contribution in [2.45, 2.75) is 13.1 Å². The van der Waals surface area contributed by atoms with Gasteiger partial charge in [-0.15, -0.1) is 0 Å². The highest BCUT2D eigenvalue weighted by Crippen LogP contribution is 2.22. The van der Waals surface area contributed by atoms with E-state index in [0.29, 0.717) is 11.0 Å². The third kappa shape index (κ3) is 3.55. The van der Waals surface area contributed by atoms with Gasteiger partial charge in [-0.1, -0.05) is 30.3 Å². The lowest BCUT2D eigenvalue weighted by Crippen LogP contribution is -2.18. The number of nitrogen functional groups attached to an aromatic ring is 1. The molecule has 0 aliphatic carbocycles. The fourth-order valence-corrected chi connectivity index (χ4v) is 2.38. The molecule has 100 valence electrons. The highest BCUT2D eigenvalue weighted by Gasteiger charge is 2.09. The molecule has 0 aliphatic rings. The maximum absolute atomic E-state index is 13.4. The van der Waals surface area contributed by atoms with E-state index in [0.717, 1.165) is 23.4 Å². The SMILES string of the molecule is CN(Cc1ccccc1N)Cc1cccc(F)c1Br. The second kappa shape index (κ2) is 6.17. The topological polar surface area (TPSA) is 29.3 Å². The fourth-order valence-electron chi connectivity index (χ4n) is 1.99. The highest BCUT2D eigenvalue weighted by molar-refractivity contribution is 9.10. The van der Waals surface area contributed by atoms with E-state index < -0.39 is 0 Å². The van der Waals surface area contributed by atoms with E-state index in [1.54, 1.807) is 6.07 Å². The van der Waals surface area contributed by atoms with E-state index in [-0.39, 0.29) is 5.82 Å². The van der Waals surface area contributed by atoms with Crippen LogP contribution in [0.1, 0.15) is 11.1 Å². The van der Waals surface area contributed by atoms with Crippen LogP contribution in [-0.2, 0) is 13.1 Å². The van der Waals surface area contributed by atoms with Crippen LogP contribution in [0.5, 0.6) is 0 Å². The number of hydrogen-bond acceptors (Lipinski definition) is 2. The maximum atomic E-state index is 13.4. The summed E-state index contributed by atoms with van der Waals surface area (Å²) >= 11 is 3.28. The summed E-state index contributed by atoms with van der Waals surface area (Å²) in [5.41, 5.74) is 8.71. The minimum Gasteiger partial charge on any atom is -0.398 e. The summed E-state index contributed by atoms with van der Waals surface area (Å²) in [6.45, 7) is 1.39. The number of nitrogens with zero attached hydrogens (tertiary/aromatic N) is 1. The molecular formula is C15H16BrFN2. The van der Waals surface area contributed by atoms with Crippen LogP contribution in [0.4, 0.5) is 10.1 Å². The number of nitrogens with two attached hydrogens (primary N) is 1. The molecule has 0 saturated heterocycles. The molecule has 0 unspecified atom stereocenters. The Bertz CT molecular complexity index is 572. The number of para-hydroxylation sites is 1. The molecule has 0 bridgehead atoms. The molecule has 0 radical (unpaired) electrons. The molecule has 2 aromatic carbocycles. The molecule has 0 aromatic heterocycles. The van der Waals surface area contributed by atoms with Gasteiger partial charge in [0.2, 0.25) is 0 Å². The monoisotopic (exact) mass is 322 g/mol. The molecule has 0 amide bonds. The second-order valence-corrected chi connectivity index (χ2v) is 5.38. The van der Waals surface area contributed by atoms with Crippen LogP contribution >= 0.6 is 15.9 Å². The largest absolute Gasteiger partial charge is 0.398 e. The number of anilines is 1. The van der Waals surface area contributed by atoms with Crippen LogP contribution in [-0.4, -0.2) is 11.9 Å². The van der Waals surface area contributed by atoms with Gasteiger partial charge in [0.1, 0.15) is 5.82 Å². The van der Waals surface area contributed by atoms with Crippen molar-refractivity contribution in [1.29, 1.82) is 0 Å². The maximum Gasteiger partial charge on any atom is 0.137 e. The minimum atomic E-state index is -0.231. The molecule has 0 atom stereocenters. The minimum absolute atomic E-state index is 0.231. The van der Waals surface area contributed by atoms with Crippen molar-refractivity contribution < 1.29 is 4.39 Å². The average molecular weight is 323 g/mol. The normalized spacial score (nSPS) is 10.9. The lowest BCUT2D eigenvalue weighted by atomic mass is 10.1. The Morgan fingerprint density at radius 3 is 2.42 bits per heavy atom. The van der Waals surface area contributed by atoms with Gasteiger partial charge in [0.25, 0.3) is 0 Å². The van der Waals surface area contributed by atoms with Gasteiger partial charge < -0.3 is 5.73 Å². The zero-order chi connectivity index (χ0) is 13.8. The molecule has 2 N–H and O–H groups in total. The molecule has 4 heteroatoms. The van der Waals surface area contributed by atoms with E-state index in [1.807, 2.05) is 37.4 Å². The van der Waals surface area contributed by atoms with Gasteiger partial charge >= 0.3 is 0 Å². The van der Waals surface area contributed by atoms with Gasteiger partial charge in [-0.25, -0.2) is 4.39 Å². The van der Waals surface area contributed by atoms with Gasteiger partial charge in [-0.2, -0.15) is 0 Å². The predicted molar refractivity (Wildman–Crippen MR) is 80.1 cm³/mol. The van der Waals surface area contributed by atoms with E-state index in [2.05, 4.69) is 20.8 Å². The molecule has 0 spiro atoms. The Kier molecular flexibility index (Phi) is 4.56. The summed E-state index contributed by atoms with van der Waals surface area (Å²) in [6, 6.07) is 12.9. The Morgan fingerprint density at radius 2 is 1.68 bits per heavy atom. The van der Waals surface area contributed by atoms with Crippen molar-refractivity contribution in [2.24, 2.45) is 0 Å². The quantitative estimate of drug-likeness (QED) is 0.867. The zero-order valence-corrected chi connectivity index (χ0v) is 12.3. The number of halogens is 2. The van der Waals surface area contributed by atoms with Crippen molar-refractivity contribution in [3.8, 4) is 0 Å². The first-order chi connectivity index (χ1) is 9.08. The first kappa shape index (κ1) is 14.0. The molecule has 0 heterocycles. The van der Waals surface area contributed by atoms with Crippen LogP contribution in [0.25, 0.3) is 0 Å². The highest BCUT2D eigenvalue weighted by atomic mass is 79.9. The lowest BCUT2D eigenvalue weighted by molar-refractivity contribution is 0.318. The van der Waals surface area contributed by atoms with Crippen molar-refractivity contribution >= 4 is 21.6 Å². The number of benzene rings is 2. The standard InChI is InChI=1S/C15H16BrFN2/c1-19(9-11-5-2-3-8-14(11)18)10-12-6-4-7-13(17)15(12)16/h2-8H,9-10,18H2,1H3. The van der Waals surface area contributed by atoms with Crippen molar-refractivity contribution in [3.05, 3.63) is 63.9 Å². The van der Waals surface area contributed by atoms with Crippen molar-refractivity contribution in [2.75, 3.05) is 12.8 Å². The molecule has 0 aliphatic heterocycles. The first-order valence-corrected chi connectivity index (χ1v) is 6.82. The molecule has 0 fully saturated rings. The lowest BCUT2D eigenvalue weighted by Gasteiger charge is -2.18. The Morgan fingerprint density at radius 1 is 1.05 bits per heavy atom. The zero-order valence-electron chi connectivity index (χ0n) is 10.7. The van der Waals surface area contributed by atoms with Crippen molar-refractivity contribution in [1.82, 2.24) is 4.90 Å². The van der Waals surface area contributed by atoms with E-state index >= 15 is 0 Å². The van der Waals surface area contributed by atoms with E-state index in [9.17, 15) is 4.39 Å². The first-order valence-electron chi connectivity index (χ1n) is 6.02. The Hall–Kier alpha value is -1.39. The average Bonchev–Trinajstić information content (AvgIpc) is 2.38. The van der Waals surface area contributed by atoms with Gasteiger partial charge in [0.15, 0.2) is 0 Å². The summed E-state index contributed by atoms with van der Waals surface area (Å²) in [7, 11) is 1.99. The van der Waals surface area contributed by atoms with Crippen LogP contribution in [0.15, 0.2) is 46.9 Å². The molecule has 2 nitrogen and oxygen atoms in total. The summed E-state index contributed by atoms with van der Waals surface area (Å²) in [4.78, 5) is 2.10. The third-order valence-corrected chi connectivity index (χ3v) is 3.86. The van der Waals surface area contributed by atoms with Gasteiger partial charge in [0, 0.05) is 18.8 Å². The van der Waals surface area contributed by atoms with E-state index in [1.165, 1.54) is 6.07 Å². The van der Waals surface area contributed by atoms with E-state index in [4.69, 9.17) is 5.73 Å². The van der Waals surface area contributed by atoms with Crippen LogP contribution in [0, 0.1) is 5.82 Å². The molecule has 2 aromatic rings. The fraction of sp³-hybridized carbons (Fsp3) is 0.200.